The summed E-state index contributed by atoms with van der Waals surface area (Å²) in [4.78, 5) is 20.6. The second-order valence-corrected chi connectivity index (χ2v) is 8.08. The number of halogens is 4. The second kappa shape index (κ2) is 12.2. The van der Waals surface area contributed by atoms with Crippen molar-refractivity contribution in [2.75, 3.05) is 39.3 Å². The molecule has 2 heterocycles. The van der Waals surface area contributed by atoms with Crippen LogP contribution in [0.3, 0.4) is 0 Å². The molecule has 1 fully saturated rings. The van der Waals surface area contributed by atoms with Crippen LogP contribution >= 0.6 is 0 Å². The fourth-order valence-electron chi connectivity index (χ4n) is 3.81. The minimum absolute atomic E-state index is 0.0967. The predicted octanol–water partition coefficient (Wildman–Crippen LogP) is 4.56. The van der Waals surface area contributed by atoms with Gasteiger partial charge in [-0.1, -0.05) is 25.2 Å². The molecule has 2 aliphatic heterocycles. The summed E-state index contributed by atoms with van der Waals surface area (Å²) in [6.07, 6.45) is 8.32. The molecule has 1 N–H and O–H groups in total. The van der Waals surface area contributed by atoms with Crippen LogP contribution in [0.4, 0.5) is 17.6 Å². The zero-order chi connectivity index (χ0) is 24.5. The molecular formula is C24H34F4N4O. The lowest BCUT2D eigenvalue weighted by Gasteiger charge is -2.37. The highest BCUT2D eigenvalue weighted by Crippen LogP contribution is 2.30. The first-order valence-electron chi connectivity index (χ1n) is 11.4. The summed E-state index contributed by atoms with van der Waals surface area (Å²) in [5.74, 6) is -5.40. The van der Waals surface area contributed by atoms with Crippen LogP contribution in [0.2, 0.25) is 0 Å². The van der Waals surface area contributed by atoms with Gasteiger partial charge in [0.1, 0.15) is 5.82 Å². The third-order valence-corrected chi connectivity index (χ3v) is 5.62. The first-order valence-corrected chi connectivity index (χ1v) is 11.4. The van der Waals surface area contributed by atoms with Crippen LogP contribution in [0.5, 0.6) is 0 Å². The van der Waals surface area contributed by atoms with E-state index in [2.05, 4.69) is 10.3 Å². The molecule has 1 amide bonds. The Morgan fingerprint density at radius 3 is 2.39 bits per heavy atom. The Morgan fingerprint density at radius 1 is 1.12 bits per heavy atom. The van der Waals surface area contributed by atoms with E-state index in [9.17, 15) is 22.4 Å². The van der Waals surface area contributed by atoms with Crippen molar-refractivity contribution in [3.63, 3.8) is 0 Å². The number of nitrogens with one attached hydrogen (secondary N) is 1. The standard InChI is InChI=1S/C24H34F4N4O/c1-4-10-23(25,26)18-29-12-9-21(33)31-13-15-32(16-14-31)22-19(6-3)7-8-20(17-30-22)24(27,28)11-5-2/h4-5,8,10-11,17,29H,6-7,9,12-16,18H2,1-3H3/b10-4+,11-5+. The summed E-state index contributed by atoms with van der Waals surface area (Å²) in [6.45, 7) is 6.75. The van der Waals surface area contributed by atoms with Crippen LogP contribution in [0.25, 0.3) is 0 Å². The SMILES string of the molecule is C/C=C/C(F)(F)CNCCC(=O)N1CCN(C2=C(CC)CC=C(C(F)(F)/C=C/C)C=N2)CC1. The topological polar surface area (TPSA) is 47.9 Å². The number of amides is 1. The number of nitrogens with zero attached hydrogens (tertiary/aromatic N) is 3. The minimum Gasteiger partial charge on any atom is -0.353 e. The number of aliphatic imine (C=N–C) groups is 1. The van der Waals surface area contributed by atoms with E-state index in [1.165, 1.54) is 31.4 Å². The van der Waals surface area contributed by atoms with Crippen molar-refractivity contribution in [1.29, 1.82) is 0 Å². The van der Waals surface area contributed by atoms with Gasteiger partial charge in [0.2, 0.25) is 5.91 Å². The fraction of sp³-hybridized carbons (Fsp3) is 0.583. The monoisotopic (exact) mass is 470 g/mol. The van der Waals surface area contributed by atoms with E-state index in [0.29, 0.717) is 44.8 Å². The van der Waals surface area contributed by atoms with Gasteiger partial charge in [0, 0.05) is 50.9 Å². The summed E-state index contributed by atoms with van der Waals surface area (Å²) in [7, 11) is 0. The fourth-order valence-corrected chi connectivity index (χ4v) is 3.81. The van der Waals surface area contributed by atoms with E-state index in [1.54, 1.807) is 11.8 Å². The van der Waals surface area contributed by atoms with Crippen LogP contribution in [-0.2, 0) is 4.79 Å². The molecule has 0 aromatic heterocycles. The van der Waals surface area contributed by atoms with Gasteiger partial charge in [-0.15, -0.1) is 0 Å². The van der Waals surface area contributed by atoms with E-state index in [0.717, 1.165) is 17.7 Å². The van der Waals surface area contributed by atoms with Gasteiger partial charge in [-0.2, -0.15) is 8.78 Å². The number of carbonyl (C=O) groups is 1. The van der Waals surface area contributed by atoms with Gasteiger partial charge in [0.15, 0.2) is 0 Å². The highest BCUT2D eigenvalue weighted by Gasteiger charge is 2.31. The van der Waals surface area contributed by atoms with Crippen LogP contribution in [0.15, 0.2) is 52.3 Å². The number of rotatable bonds is 10. The van der Waals surface area contributed by atoms with E-state index < -0.39 is 18.4 Å². The third kappa shape index (κ3) is 7.84. The van der Waals surface area contributed by atoms with E-state index in [1.807, 2.05) is 11.8 Å². The average molecular weight is 471 g/mol. The molecule has 5 nitrogen and oxygen atoms in total. The number of allylic oxidation sites excluding steroid dienone is 6. The maximum absolute atomic E-state index is 14.3. The molecule has 0 aromatic carbocycles. The Bertz CT molecular complexity index is 822. The van der Waals surface area contributed by atoms with Crippen LogP contribution < -0.4 is 5.32 Å². The van der Waals surface area contributed by atoms with Crippen molar-refractivity contribution in [3.8, 4) is 0 Å². The summed E-state index contributed by atoms with van der Waals surface area (Å²) in [6, 6.07) is 0. The Morgan fingerprint density at radius 2 is 1.79 bits per heavy atom. The molecule has 0 atom stereocenters. The van der Waals surface area contributed by atoms with Gasteiger partial charge in [-0.05, 0) is 44.4 Å². The highest BCUT2D eigenvalue weighted by molar-refractivity contribution is 5.83. The molecule has 0 aromatic rings. The number of hydrogen-bond donors (Lipinski definition) is 1. The molecule has 0 radical (unpaired) electrons. The lowest BCUT2D eigenvalue weighted by atomic mass is 10.0. The zero-order valence-corrected chi connectivity index (χ0v) is 19.6. The lowest BCUT2D eigenvalue weighted by molar-refractivity contribution is -0.132. The van der Waals surface area contributed by atoms with Crippen LogP contribution in [0, 0.1) is 0 Å². The molecular weight excluding hydrogens is 436 g/mol. The molecule has 184 valence electrons. The van der Waals surface area contributed by atoms with Gasteiger partial charge in [0.25, 0.3) is 11.8 Å². The Hall–Kier alpha value is -2.42. The predicted molar refractivity (Wildman–Crippen MR) is 124 cm³/mol. The third-order valence-electron chi connectivity index (χ3n) is 5.62. The molecule has 9 heteroatoms. The van der Waals surface area contributed by atoms with Crippen LogP contribution in [-0.4, -0.2) is 73.0 Å². The lowest BCUT2D eigenvalue weighted by Crippen LogP contribution is -2.48. The first kappa shape index (κ1) is 26.8. The molecule has 0 spiro atoms. The van der Waals surface area contributed by atoms with Crippen molar-refractivity contribution in [2.45, 2.75) is 51.9 Å². The number of alkyl halides is 4. The number of piperazine rings is 1. The minimum atomic E-state index is -3.07. The highest BCUT2D eigenvalue weighted by atomic mass is 19.3. The molecule has 1 saturated heterocycles. The van der Waals surface area contributed by atoms with Gasteiger partial charge < -0.3 is 15.1 Å². The maximum Gasteiger partial charge on any atom is 0.292 e. The molecule has 0 aliphatic carbocycles. The largest absolute Gasteiger partial charge is 0.353 e. The maximum atomic E-state index is 14.3. The van der Waals surface area contributed by atoms with Crippen molar-refractivity contribution in [1.82, 2.24) is 15.1 Å². The number of hydrogen-bond acceptors (Lipinski definition) is 4. The molecule has 2 aliphatic rings. The Kier molecular flexibility index (Phi) is 9.88. The van der Waals surface area contributed by atoms with Crippen molar-refractivity contribution < 1.29 is 22.4 Å². The average Bonchev–Trinajstić information content (AvgIpc) is 3.00. The Balaban J connectivity index is 1.90. The molecule has 33 heavy (non-hydrogen) atoms. The van der Waals surface area contributed by atoms with E-state index in [-0.39, 0.29) is 24.4 Å². The first-order chi connectivity index (χ1) is 15.6. The van der Waals surface area contributed by atoms with Crippen molar-refractivity contribution in [3.05, 3.63) is 47.3 Å². The molecule has 2 rings (SSSR count). The van der Waals surface area contributed by atoms with Gasteiger partial charge >= 0.3 is 0 Å². The molecule has 0 unspecified atom stereocenters. The Labute approximate surface area is 193 Å². The zero-order valence-electron chi connectivity index (χ0n) is 19.6. The summed E-state index contributed by atoms with van der Waals surface area (Å²) in [5, 5.41) is 2.63. The summed E-state index contributed by atoms with van der Waals surface area (Å²) in [5.41, 5.74) is 0.853. The van der Waals surface area contributed by atoms with Crippen molar-refractivity contribution >= 4 is 12.1 Å². The summed E-state index contributed by atoms with van der Waals surface area (Å²) >= 11 is 0. The quantitative estimate of drug-likeness (QED) is 0.289. The van der Waals surface area contributed by atoms with Gasteiger partial charge in [-0.25, -0.2) is 13.8 Å². The van der Waals surface area contributed by atoms with Crippen molar-refractivity contribution in [2.24, 2.45) is 4.99 Å². The molecule has 0 bridgehead atoms. The van der Waals surface area contributed by atoms with E-state index >= 15 is 0 Å². The van der Waals surface area contributed by atoms with Gasteiger partial charge in [-0.3, -0.25) is 4.79 Å². The normalized spacial score (nSPS) is 18.5. The summed E-state index contributed by atoms with van der Waals surface area (Å²) < 4.78 is 55.4. The van der Waals surface area contributed by atoms with E-state index in [4.69, 9.17) is 0 Å². The van der Waals surface area contributed by atoms with Gasteiger partial charge in [0.05, 0.1) is 6.54 Å². The second-order valence-electron chi connectivity index (χ2n) is 8.08. The smallest absolute Gasteiger partial charge is 0.292 e. The number of carbonyl (C=O) groups excluding carboxylic acids is 1. The molecule has 0 saturated carbocycles. The van der Waals surface area contributed by atoms with Crippen LogP contribution in [0.1, 0.15) is 40.0 Å².